The van der Waals surface area contributed by atoms with Crippen molar-refractivity contribution < 1.29 is 9.18 Å². The van der Waals surface area contributed by atoms with Crippen LogP contribution < -0.4 is 5.32 Å². The fourth-order valence-corrected chi connectivity index (χ4v) is 2.88. The molecule has 1 saturated heterocycles. The molecule has 0 aliphatic carbocycles. The average Bonchev–Trinajstić information content (AvgIpc) is 3.05. The fraction of sp³-hybridized carbons (Fsp3) is 0.429. The van der Waals surface area contributed by atoms with Crippen LogP contribution in [0, 0.1) is 5.82 Å². The van der Waals surface area contributed by atoms with E-state index in [4.69, 9.17) is 0 Å². The predicted octanol–water partition coefficient (Wildman–Crippen LogP) is 1.53. The minimum absolute atomic E-state index is 0.139. The number of likely N-dealkylation sites (N-methyl/N-ethyl adjacent to an activating group) is 1. The van der Waals surface area contributed by atoms with Crippen LogP contribution in [-0.2, 0) is 0 Å². The highest BCUT2D eigenvalue weighted by molar-refractivity contribution is 6.05. The second-order valence-electron chi connectivity index (χ2n) is 5.10. The summed E-state index contributed by atoms with van der Waals surface area (Å²) in [6, 6.07) is 2.80. The van der Waals surface area contributed by atoms with Crippen LogP contribution in [0.5, 0.6) is 0 Å². The highest BCUT2D eigenvalue weighted by Gasteiger charge is 2.30. The Morgan fingerprint density at radius 3 is 3.25 bits per heavy atom. The van der Waals surface area contributed by atoms with Gasteiger partial charge in [0.2, 0.25) is 0 Å². The van der Waals surface area contributed by atoms with Crippen molar-refractivity contribution in [2.24, 2.45) is 0 Å². The van der Waals surface area contributed by atoms with Gasteiger partial charge in [-0.3, -0.25) is 4.79 Å². The van der Waals surface area contributed by atoms with Crippen molar-refractivity contribution in [2.45, 2.75) is 18.9 Å². The number of hydrogen-bond acceptors (Lipinski definition) is 3. The largest absolute Gasteiger partial charge is 0.344 e. The smallest absolute Gasteiger partial charge is 0.256 e. The van der Waals surface area contributed by atoms with Gasteiger partial charge in [-0.05, 0) is 32.0 Å². The Morgan fingerprint density at radius 1 is 1.60 bits per heavy atom. The lowest BCUT2D eigenvalue weighted by Gasteiger charge is -2.24. The molecule has 0 saturated carbocycles. The third-order valence-electron chi connectivity index (χ3n) is 3.80. The molecule has 20 heavy (non-hydrogen) atoms. The number of nitrogens with zero attached hydrogens (tertiary/aromatic N) is 2. The molecule has 5 nitrogen and oxygen atoms in total. The summed E-state index contributed by atoms with van der Waals surface area (Å²) in [5.41, 5.74) is 1.42. The average molecular weight is 276 g/mol. The van der Waals surface area contributed by atoms with Crippen LogP contribution in [0.2, 0.25) is 0 Å². The summed E-state index contributed by atoms with van der Waals surface area (Å²) in [6.07, 6.45) is 3.44. The molecule has 0 bridgehead atoms. The molecule has 2 aromatic rings. The summed E-state index contributed by atoms with van der Waals surface area (Å²) in [6.45, 7) is 1.47. The van der Waals surface area contributed by atoms with Crippen LogP contribution in [0.25, 0.3) is 11.0 Å². The third-order valence-corrected chi connectivity index (χ3v) is 3.80. The monoisotopic (exact) mass is 276 g/mol. The van der Waals surface area contributed by atoms with Crippen molar-refractivity contribution in [3.05, 3.63) is 29.8 Å². The van der Waals surface area contributed by atoms with E-state index in [9.17, 15) is 9.18 Å². The quantitative estimate of drug-likeness (QED) is 0.893. The van der Waals surface area contributed by atoms with Crippen LogP contribution in [0.1, 0.15) is 23.2 Å². The van der Waals surface area contributed by atoms with Crippen LogP contribution >= 0.6 is 0 Å². The minimum Gasteiger partial charge on any atom is -0.344 e. The van der Waals surface area contributed by atoms with E-state index >= 15 is 0 Å². The number of nitrogens with one attached hydrogen (secondary N) is 2. The van der Waals surface area contributed by atoms with Crippen molar-refractivity contribution in [3.8, 4) is 0 Å². The highest BCUT2D eigenvalue weighted by Crippen LogP contribution is 2.24. The number of rotatable bonds is 3. The number of hydrogen-bond donors (Lipinski definition) is 2. The SMILES string of the molecule is CNCC1CCCN1C(=O)c1cc(F)cc2[nH]cnc12. The Balaban J connectivity index is 1.98. The van der Waals surface area contributed by atoms with E-state index in [1.807, 2.05) is 11.9 Å². The molecular weight excluding hydrogens is 259 g/mol. The van der Waals surface area contributed by atoms with Gasteiger partial charge in [0, 0.05) is 19.1 Å². The van der Waals surface area contributed by atoms with Gasteiger partial charge in [0.25, 0.3) is 5.91 Å². The van der Waals surface area contributed by atoms with Gasteiger partial charge in [-0.1, -0.05) is 0 Å². The first-order chi connectivity index (χ1) is 9.70. The Bertz CT molecular complexity index is 639. The van der Waals surface area contributed by atoms with Gasteiger partial charge in [-0.25, -0.2) is 9.37 Å². The van der Waals surface area contributed by atoms with Crippen molar-refractivity contribution in [2.75, 3.05) is 20.1 Å². The minimum atomic E-state index is -0.422. The normalized spacial score (nSPS) is 18.9. The molecule has 1 aliphatic heterocycles. The zero-order valence-electron chi connectivity index (χ0n) is 11.3. The number of fused-ring (bicyclic) bond motifs is 1. The molecule has 1 aromatic carbocycles. The summed E-state index contributed by atoms with van der Waals surface area (Å²) in [5, 5.41) is 3.10. The number of halogens is 1. The van der Waals surface area contributed by atoms with Gasteiger partial charge >= 0.3 is 0 Å². The molecular formula is C14H17FN4O. The molecule has 3 rings (SSSR count). The Hall–Kier alpha value is -1.95. The Labute approximate surface area is 116 Å². The third kappa shape index (κ3) is 2.16. The van der Waals surface area contributed by atoms with Crippen molar-refractivity contribution in [3.63, 3.8) is 0 Å². The number of benzene rings is 1. The fourth-order valence-electron chi connectivity index (χ4n) is 2.88. The lowest BCUT2D eigenvalue weighted by molar-refractivity contribution is 0.0738. The first kappa shape index (κ1) is 13.1. The summed E-state index contributed by atoms with van der Waals surface area (Å²) in [7, 11) is 1.87. The number of aromatic nitrogens is 2. The Kier molecular flexibility index (Phi) is 3.40. The second kappa shape index (κ2) is 5.20. The van der Waals surface area contributed by atoms with Crippen molar-refractivity contribution >= 4 is 16.9 Å². The predicted molar refractivity (Wildman–Crippen MR) is 74.0 cm³/mol. The summed E-state index contributed by atoms with van der Waals surface area (Å²) in [5.74, 6) is -0.561. The van der Waals surface area contributed by atoms with Crippen molar-refractivity contribution in [1.82, 2.24) is 20.2 Å². The zero-order chi connectivity index (χ0) is 14.1. The highest BCUT2D eigenvalue weighted by atomic mass is 19.1. The molecule has 2 heterocycles. The van der Waals surface area contributed by atoms with Crippen LogP contribution in [0.4, 0.5) is 4.39 Å². The molecule has 0 spiro atoms. The van der Waals surface area contributed by atoms with Gasteiger partial charge in [0.1, 0.15) is 11.3 Å². The topological polar surface area (TPSA) is 61.0 Å². The lowest BCUT2D eigenvalue weighted by atomic mass is 10.1. The van der Waals surface area contributed by atoms with Gasteiger partial charge in [0.15, 0.2) is 0 Å². The molecule has 1 atom stereocenters. The number of carbonyl (C=O) groups is 1. The van der Waals surface area contributed by atoms with E-state index in [1.54, 1.807) is 0 Å². The first-order valence-corrected chi connectivity index (χ1v) is 6.79. The van der Waals surface area contributed by atoms with E-state index in [0.29, 0.717) is 23.1 Å². The zero-order valence-corrected chi connectivity index (χ0v) is 11.3. The molecule has 1 aliphatic rings. The lowest BCUT2D eigenvalue weighted by Crippen LogP contribution is -2.40. The number of imidazole rings is 1. The molecule has 1 aromatic heterocycles. The molecule has 2 N–H and O–H groups in total. The van der Waals surface area contributed by atoms with Crippen LogP contribution in [0.3, 0.4) is 0 Å². The standard InChI is InChI=1S/C14H17FN4O/c1-16-7-10-3-2-4-19(10)14(20)11-5-9(15)6-12-13(11)18-8-17-12/h5-6,8,10,16H,2-4,7H2,1H3,(H,17,18). The molecule has 6 heteroatoms. The summed E-state index contributed by atoms with van der Waals surface area (Å²) in [4.78, 5) is 21.5. The number of likely N-dealkylation sites (tertiary alicyclic amines) is 1. The van der Waals surface area contributed by atoms with E-state index in [1.165, 1.54) is 18.5 Å². The van der Waals surface area contributed by atoms with E-state index < -0.39 is 5.82 Å². The van der Waals surface area contributed by atoms with Crippen molar-refractivity contribution in [1.29, 1.82) is 0 Å². The van der Waals surface area contributed by atoms with Gasteiger partial charge in [-0.2, -0.15) is 0 Å². The molecule has 1 amide bonds. The van der Waals surface area contributed by atoms with Gasteiger partial charge in [-0.15, -0.1) is 0 Å². The Morgan fingerprint density at radius 2 is 2.45 bits per heavy atom. The van der Waals surface area contributed by atoms with Gasteiger partial charge in [0.05, 0.1) is 17.4 Å². The maximum Gasteiger partial charge on any atom is 0.256 e. The van der Waals surface area contributed by atoms with E-state index in [-0.39, 0.29) is 11.9 Å². The first-order valence-electron chi connectivity index (χ1n) is 6.79. The summed E-state index contributed by atoms with van der Waals surface area (Å²) < 4.78 is 13.6. The number of carbonyl (C=O) groups excluding carboxylic acids is 1. The second-order valence-corrected chi connectivity index (χ2v) is 5.10. The molecule has 106 valence electrons. The molecule has 1 unspecified atom stereocenters. The number of amides is 1. The molecule has 0 radical (unpaired) electrons. The van der Waals surface area contributed by atoms with E-state index in [2.05, 4.69) is 15.3 Å². The maximum absolute atomic E-state index is 13.6. The van der Waals surface area contributed by atoms with Crippen LogP contribution in [-0.4, -0.2) is 47.0 Å². The van der Waals surface area contributed by atoms with E-state index in [0.717, 1.165) is 19.4 Å². The number of aromatic amines is 1. The number of H-pyrrole nitrogens is 1. The van der Waals surface area contributed by atoms with Gasteiger partial charge < -0.3 is 15.2 Å². The summed E-state index contributed by atoms with van der Waals surface area (Å²) >= 11 is 0. The maximum atomic E-state index is 13.6. The van der Waals surface area contributed by atoms with Crippen LogP contribution in [0.15, 0.2) is 18.5 Å². The molecule has 1 fully saturated rings.